The lowest BCUT2D eigenvalue weighted by Gasteiger charge is -2.19. The van der Waals surface area contributed by atoms with Gasteiger partial charge in [0, 0.05) is 18.7 Å². The Kier molecular flexibility index (Phi) is 6.56. The van der Waals surface area contributed by atoms with Crippen molar-refractivity contribution in [3.63, 3.8) is 0 Å². The molecule has 0 spiro atoms. The molecule has 0 aliphatic heterocycles. The van der Waals surface area contributed by atoms with E-state index in [1.807, 2.05) is 12.1 Å². The number of hydrogen-bond donors (Lipinski definition) is 2. The first-order chi connectivity index (χ1) is 11.7. The molecule has 1 aromatic heterocycles. The number of imide groups is 1. The van der Waals surface area contributed by atoms with Gasteiger partial charge in [0.1, 0.15) is 5.76 Å². The largest absolute Gasteiger partial charge is 0.468 e. The maximum atomic E-state index is 12.0. The highest BCUT2D eigenvalue weighted by molar-refractivity contribution is 6.01. The van der Waals surface area contributed by atoms with Gasteiger partial charge in [-0.25, -0.2) is 4.79 Å². The molecule has 0 aliphatic rings. The molecule has 2 aromatic rings. The third-order valence-corrected chi connectivity index (χ3v) is 3.15. The number of urea groups is 1. The summed E-state index contributed by atoms with van der Waals surface area (Å²) in [6.07, 6.45) is 1.83. The number of nitrogens with zero attached hydrogens (tertiary/aromatic N) is 2. The third kappa shape index (κ3) is 5.94. The minimum atomic E-state index is -0.593. The van der Waals surface area contributed by atoms with Crippen LogP contribution in [0.4, 0.5) is 10.5 Å². The Morgan fingerprint density at radius 3 is 2.62 bits per heavy atom. The fourth-order valence-corrected chi connectivity index (χ4v) is 2.10. The molecule has 0 fully saturated rings. The van der Waals surface area contributed by atoms with E-state index >= 15 is 0 Å². The van der Waals surface area contributed by atoms with Crippen LogP contribution in [0.25, 0.3) is 0 Å². The molecule has 0 radical (unpaired) electrons. The van der Waals surface area contributed by atoms with Crippen molar-refractivity contribution in [3.8, 4) is 6.07 Å². The van der Waals surface area contributed by atoms with Crippen molar-refractivity contribution in [1.82, 2.24) is 10.2 Å². The van der Waals surface area contributed by atoms with Gasteiger partial charge in [-0.3, -0.25) is 15.0 Å². The zero-order valence-electron chi connectivity index (χ0n) is 13.1. The van der Waals surface area contributed by atoms with Gasteiger partial charge in [-0.1, -0.05) is 18.2 Å². The molecule has 3 amide bonds. The summed E-state index contributed by atoms with van der Waals surface area (Å²) < 4.78 is 5.25. The molecule has 0 saturated carbocycles. The Labute approximate surface area is 139 Å². The Morgan fingerprint density at radius 1 is 1.17 bits per heavy atom. The van der Waals surface area contributed by atoms with Gasteiger partial charge in [-0.05, 0) is 24.3 Å². The average molecular weight is 326 g/mol. The van der Waals surface area contributed by atoms with Crippen molar-refractivity contribution in [3.05, 3.63) is 54.5 Å². The minimum absolute atomic E-state index is 0.00934. The second-order valence-corrected chi connectivity index (χ2v) is 5.07. The summed E-state index contributed by atoms with van der Waals surface area (Å²) in [7, 11) is 0. The topological polar surface area (TPSA) is 98.4 Å². The highest BCUT2D eigenvalue weighted by Crippen LogP contribution is 2.06. The van der Waals surface area contributed by atoms with E-state index in [1.165, 1.54) is 0 Å². The SMILES string of the molecule is N#CCCN(CC(=O)NC(=O)Nc1ccccc1)Cc1ccco1. The molecule has 7 heteroatoms. The summed E-state index contributed by atoms with van der Waals surface area (Å²) in [6, 6.07) is 13.8. The Morgan fingerprint density at radius 2 is 1.96 bits per heavy atom. The van der Waals surface area contributed by atoms with Gasteiger partial charge in [-0.15, -0.1) is 0 Å². The highest BCUT2D eigenvalue weighted by Gasteiger charge is 2.14. The summed E-state index contributed by atoms with van der Waals surface area (Å²) in [5.41, 5.74) is 0.597. The van der Waals surface area contributed by atoms with E-state index in [1.54, 1.807) is 47.6 Å². The molecule has 1 heterocycles. The van der Waals surface area contributed by atoms with Crippen LogP contribution < -0.4 is 10.6 Å². The number of furan rings is 1. The quantitative estimate of drug-likeness (QED) is 0.814. The van der Waals surface area contributed by atoms with Crippen LogP contribution in [-0.4, -0.2) is 29.9 Å². The summed E-state index contributed by atoms with van der Waals surface area (Å²) in [4.78, 5) is 25.6. The first-order valence-electron chi connectivity index (χ1n) is 7.45. The van der Waals surface area contributed by atoms with Crippen molar-refractivity contribution in [2.75, 3.05) is 18.4 Å². The molecule has 24 heavy (non-hydrogen) atoms. The molecule has 0 bridgehead atoms. The zero-order chi connectivity index (χ0) is 17.2. The van der Waals surface area contributed by atoms with Crippen LogP contribution in [-0.2, 0) is 11.3 Å². The van der Waals surface area contributed by atoms with E-state index < -0.39 is 11.9 Å². The molecule has 0 unspecified atom stereocenters. The number of para-hydroxylation sites is 1. The van der Waals surface area contributed by atoms with Crippen molar-refractivity contribution in [2.45, 2.75) is 13.0 Å². The molecule has 0 saturated heterocycles. The van der Waals surface area contributed by atoms with E-state index in [0.717, 1.165) is 0 Å². The summed E-state index contributed by atoms with van der Waals surface area (Å²) in [5, 5.41) is 13.6. The maximum Gasteiger partial charge on any atom is 0.325 e. The number of rotatable bonds is 7. The highest BCUT2D eigenvalue weighted by atomic mass is 16.3. The van der Waals surface area contributed by atoms with Crippen LogP contribution in [0.15, 0.2) is 53.1 Å². The van der Waals surface area contributed by atoms with Crippen molar-refractivity contribution in [2.24, 2.45) is 0 Å². The maximum absolute atomic E-state index is 12.0. The number of carbonyl (C=O) groups is 2. The lowest BCUT2D eigenvalue weighted by Crippen LogP contribution is -2.41. The van der Waals surface area contributed by atoms with E-state index in [9.17, 15) is 9.59 Å². The van der Waals surface area contributed by atoms with Gasteiger partial charge < -0.3 is 9.73 Å². The average Bonchev–Trinajstić information content (AvgIpc) is 3.06. The monoisotopic (exact) mass is 326 g/mol. The summed E-state index contributed by atoms with van der Waals surface area (Å²) >= 11 is 0. The molecule has 0 aliphatic carbocycles. The van der Waals surface area contributed by atoms with Crippen LogP contribution in [0.1, 0.15) is 12.2 Å². The first-order valence-corrected chi connectivity index (χ1v) is 7.45. The fourth-order valence-electron chi connectivity index (χ4n) is 2.10. The molecule has 1 aromatic carbocycles. The number of carbonyl (C=O) groups excluding carboxylic acids is 2. The van der Waals surface area contributed by atoms with Gasteiger partial charge in [0.15, 0.2) is 0 Å². The zero-order valence-corrected chi connectivity index (χ0v) is 13.1. The number of anilines is 1. The number of nitriles is 1. The number of hydrogen-bond acceptors (Lipinski definition) is 5. The third-order valence-electron chi connectivity index (χ3n) is 3.15. The predicted molar refractivity (Wildman–Crippen MR) is 87.8 cm³/mol. The normalized spacial score (nSPS) is 10.2. The van der Waals surface area contributed by atoms with Crippen LogP contribution in [0.2, 0.25) is 0 Å². The standard InChI is InChI=1S/C17H18N4O3/c18-9-5-10-21(12-15-8-4-11-24-15)13-16(22)20-17(23)19-14-6-2-1-3-7-14/h1-4,6-8,11H,5,10,12-13H2,(H2,19,20,22,23). The molecule has 0 atom stereocenters. The number of amides is 3. The molecule has 2 rings (SSSR count). The van der Waals surface area contributed by atoms with E-state index in [-0.39, 0.29) is 13.0 Å². The van der Waals surface area contributed by atoms with Crippen LogP contribution >= 0.6 is 0 Å². The second-order valence-electron chi connectivity index (χ2n) is 5.07. The number of nitrogens with one attached hydrogen (secondary N) is 2. The Hall–Kier alpha value is -3.11. The first kappa shape index (κ1) is 17.2. The molecule has 7 nitrogen and oxygen atoms in total. The molecule has 2 N–H and O–H groups in total. The summed E-state index contributed by atoms with van der Waals surface area (Å²) in [6.45, 7) is 0.790. The van der Waals surface area contributed by atoms with E-state index in [0.29, 0.717) is 24.5 Å². The predicted octanol–water partition coefficient (Wildman–Crippen LogP) is 2.34. The van der Waals surface area contributed by atoms with Crippen molar-refractivity contribution in [1.29, 1.82) is 5.26 Å². The van der Waals surface area contributed by atoms with Crippen LogP contribution in [0, 0.1) is 11.3 Å². The van der Waals surface area contributed by atoms with Crippen molar-refractivity contribution < 1.29 is 14.0 Å². The summed E-state index contributed by atoms with van der Waals surface area (Å²) in [5.74, 6) is 0.238. The van der Waals surface area contributed by atoms with Gasteiger partial charge in [-0.2, -0.15) is 5.26 Å². The van der Waals surface area contributed by atoms with Crippen LogP contribution in [0.3, 0.4) is 0 Å². The smallest absolute Gasteiger partial charge is 0.325 e. The molecular weight excluding hydrogens is 308 g/mol. The Balaban J connectivity index is 1.84. The van der Waals surface area contributed by atoms with Gasteiger partial charge in [0.2, 0.25) is 5.91 Å². The van der Waals surface area contributed by atoms with Crippen molar-refractivity contribution >= 4 is 17.6 Å². The fraction of sp³-hybridized carbons (Fsp3) is 0.235. The van der Waals surface area contributed by atoms with Gasteiger partial charge in [0.05, 0.1) is 25.4 Å². The minimum Gasteiger partial charge on any atom is -0.468 e. The molecule has 124 valence electrons. The van der Waals surface area contributed by atoms with Gasteiger partial charge >= 0.3 is 6.03 Å². The number of benzene rings is 1. The molecular formula is C17H18N4O3. The van der Waals surface area contributed by atoms with Gasteiger partial charge in [0.25, 0.3) is 0 Å². The lowest BCUT2D eigenvalue weighted by molar-refractivity contribution is -0.121. The van der Waals surface area contributed by atoms with E-state index in [2.05, 4.69) is 10.6 Å². The second kappa shape index (κ2) is 9.12. The van der Waals surface area contributed by atoms with Crippen LogP contribution in [0.5, 0.6) is 0 Å². The lowest BCUT2D eigenvalue weighted by atomic mass is 10.3. The Bertz CT molecular complexity index is 692. The van der Waals surface area contributed by atoms with E-state index in [4.69, 9.17) is 9.68 Å².